The number of hydrogen-bond donors (Lipinski definition) is 1. The molecule has 0 amide bonds. The summed E-state index contributed by atoms with van der Waals surface area (Å²) in [5.41, 5.74) is 1.74. The fraction of sp³-hybridized carbons (Fsp3) is 0.455. The van der Waals surface area contributed by atoms with Crippen LogP contribution in [0.4, 0.5) is 0 Å². The molecule has 0 unspecified atom stereocenters. The van der Waals surface area contributed by atoms with Gasteiger partial charge in [0.25, 0.3) is 0 Å². The molecule has 0 bridgehead atoms. The van der Waals surface area contributed by atoms with Crippen molar-refractivity contribution in [3.63, 3.8) is 0 Å². The Hall–Kier alpha value is -4.42. The van der Waals surface area contributed by atoms with Crippen LogP contribution >= 0.6 is 0 Å². The fourth-order valence-corrected chi connectivity index (χ4v) is 5.78. The van der Waals surface area contributed by atoms with Crippen LogP contribution in [0.2, 0.25) is 0 Å². The van der Waals surface area contributed by atoms with Crippen LogP contribution in [0.3, 0.4) is 0 Å². The quantitative estimate of drug-likeness (QED) is 0.303. The molecule has 12 heteroatoms. The van der Waals surface area contributed by atoms with Crippen LogP contribution < -0.4 is 4.74 Å². The number of rotatable bonds is 7. The minimum atomic E-state index is -0.110. The molecule has 0 spiro atoms. The summed E-state index contributed by atoms with van der Waals surface area (Å²) < 4.78 is 14.8. The molecule has 4 heterocycles. The Morgan fingerprint density at radius 3 is 1.67 bits per heavy atom. The summed E-state index contributed by atoms with van der Waals surface area (Å²) >= 11 is 0. The zero-order valence-corrected chi connectivity index (χ0v) is 26.0. The highest BCUT2D eigenvalue weighted by Gasteiger charge is 2.27. The zero-order valence-electron chi connectivity index (χ0n) is 26.0. The van der Waals surface area contributed by atoms with Crippen LogP contribution in [-0.4, -0.2) is 94.3 Å². The topological polar surface area (TPSA) is 140 Å². The van der Waals surface area contributed by atoms with Crippen LogP contribution in [0, 0.1) is 11.8 Å². The van der Waals surface area contributed by atoms with Crippen molar-refractivity contribution in [2.45, 2.75) is 38.8 Å². The number of ether oxygens (including phenoxy) is 3. The van der Waals surface area contributed by atoms with E-state index in [-0.39, 0.29) is 29.5 Å². The van der Waals surface area contributed by atoms with Crippen molar-refractivity contribution in [3.8, 4) is 11.5 Å². The van der Waals surface area contributed by atoms with E-state index in [1.54, 1.807) is 31.5 Å². The second-order valence-corrected chi connectivity index (χ2v) is 11.4. The van der Waals surface area contributed by atoms with Crippen molar-refractivity contribution in [2.75, 3.05) is 47.5 Å². The number of carbonyl (C=O) groups excluding carboxylic acids is 2. The van der Waals surface area contributed by atoms with Crippen LogP contribution in [0.25, 0.3) is 21.8 Å². The van der Waals surface area contributed by atoms with Crippen molar-refractivity contribution in [1.29, 1.82) is 0 Å². The van der Waals surface area contributed by atoms with Crippen LogP contribution in [-0.2, 0) is 32.2 Å². The summed E-state index contributed by atoms with van der Waals surface area (Å²) in [4.78, 5) is 45.6. The molecule has 0 atom stereocenters. The van der Waals surface area contributed by atoms with E-state index < -0.39 is 0 Å². The van der Waals surface area contributed by atoms with Gasteiger partial charge in [-0.3, -0.25) is 19.4 Å². The van der Waals surface area contributed by atoms with Crippen molar-refractivity contribution < 1.29 is 28.9 Å². The summed E-state index contributed by atoms with van der Waals surface area (Å²) in [6, 6.07) is 10.9. The predicted molar refractivity (Wildman–Crippen MR) is 167 cm³/mol. The summed E-state index contributed by atoms with van der Waals surface area (Å²) in [5, 5.41) is 11.2. The van der Waals surface area contributed by atoms with Gasteiger partial charge in [0.1, 0.15) is 23.1 Å². The number of methoxy groups -OCH3 is 3. The molecule has 2 aliphatic heterocycles. The molecule has 2 aromatic heterocycles. The van der Waals surface area contributed by atoms with Gasteiger partial charge in [-0.25, -0.2) is 19.9 Å². The molecule has 6 rings (SSSR count). The van der Waals surface area contributed by atoms with Gasteiger partial charge in [-0.15, -0.1) is 0 Å². The Kier molecular flexibility index (Phi) is 10.7. The molecule has 0 saturated carbocycles. The Morgan fingerprint density at radius 1 is 0.733 bits per heavy atom. The van der Waals surface area contributed by atoms with Crippen LogP contribution in [0.5, 0.6) is 11.5 Å². The standard InChI is InChI=1S/C17H21N3O3.C16H19N3O3/c1-22-14-3-4-15-13(9-14)10-18-16(19-15)11-20-7-5-12(6-8-20)17(21)23-2;1-22-16(21)11-4-6-19(7-5-11)10-15-17-9-12-8-13(20)2-3-14(12)18-15/h3-4,9-10,12H,5-8,11H2,1-2H3;2-3,8-9,11,20H,4-7,10H2,1H3. The highest BCUT2D eigenvalue weighted by Crippen LogP contribution is 2.23. The minimum absolute atomic E-state index is 0.0155. The van der Waals surface area contributed by atoms with Crippen molar-refractivity contribution in [3.05, 3.63) is 60.4 Å². The Labute approximate surface area is 262 Å². The van der Waals surface area contributed by atoms with Crippen molar-refractivity contribution >= 4 is 33.7 Å². The van der Waals surface area contributed by atoms with E-state index in [2.05, 4.69) is 29.7 Å². The number of aromatic nitrogens is 4. The molecule has 2 aromatic carbocycles. The van der Waals surface area contributed by atoms with Gasteiger partial charge in [0.2, 0.25) is 0 Å². The summed E-state index contributed by atoms with van der Waals surface area (Å²) in [7, 11) is 4.54. The minimum Gasteiger partial charge on any atom is -0.508 e. The second kappa shape index (κ2) is 15.0. The average Bonchev–Trinajstić information content (AvgIpc) is 3.08. The number of phenolic OH excluding ortho intramolecular Hbond substituents is 1. The van der Waals surface area contributed by atoms with Gasteiger partial charge < -0.3 is 19.3 Å². The number of piperidine rings is 2. The van der Waals surface area contributed by atoms with E-state index in [0.29, 0.717) is 13.1 Å². The molecule has 2 fully saturated rings. The van der Waals surface area contributed by atoms with Gasteiger partial charge in [-0.2, -0.15) is 0 Å². The Bertz CT molecular complexity index is 1620. The van der Waals surface area contributed by atoms with Gasteiger partial charge in [0.15, 0.2) is 0 Å². The third-order valence-corrected chi connectivity index (χ3v) is 8.42. The number of benzene rings is 2. The van der Waals surface area contributed by atoms with E-state index in [9.17, 15) is 14.7 Å². The molecule has 1 N–H and O–H groups in total. The maximum Gasteiger partial charge on any atom is 0.308 e. The van der Waals surface area contributed by atoms with Crippen molar-refractivity contribution in [1.82, 2.24) is 29.7 Å². The number of esters is 2. The van der Waals surface area contributed by atoms with E-state index in [4.69, 9.17) is 14.2 Å². The normalized spacial score (nSPS) is 16.6. The molecular formula is C33H40N6O6. The van der Waals surface area contributed by atoms with Gasteiger partial charge in [0.05, 0.1) is 57.3 Å². The third-order valence-electron chi connectivity index (χ3n) is 8.42. The second-order valence-electron chi connectivity index (χ2n) is 11.4. The summed E-state index contributed by atoms with van der Waals surface area (Å²) in [5.74, 6) is 2.42. The first-order chi connectivity index (χ1) is 21.8. The predicted octanol–water partition coefficient (Wildman–Crippen LogP) is 3.74. The monoisotopic (exact) mass is 616 g/mol. The number of likely N-dealkylation sites (tertiary alicyclic amines) is 2. The largest absolute Gasteiger partial charge is 0.508 e. The van der Waals surface area contributed by atoms with Gasteiger partial charge in [0, 0.05) is 23.2 Å². The van der Waals surface area contributed by atoms with Gasteiger partial charge >= 0.3 is 11.9 Å². The number of aromatic hydroxyl groups is 1. The summed E-state index contributed by atoms with van der Waals surface area (Å²) in [6.07, 6.45) is 6.86. The first-order valence-electron chi connectivity index (χ1n) is 15.2. The molecule has 2 saturated heterocycles. The molecule has 45 heavy (non-hydrogen) atoms. The molecule has 12 nitrogen and oxygen atoms in total. The Morgan fingerprint density at radius 2 is 1.20 bits per heavy atom. The van der Waals surface area contributed by atoms with E-state index in [1.807, 2.05) is 24.4 Å². The zero-order chi connectivity index (χ0) is 31.8. The number of phenols is 1. The first kappa shape index (κ1) is 32.0. The molecule has 2 aliphatic rings. The maximum atomic E-state index is 11.6. The SMILES string of the molecule is COC(=O)C1CCN(Cc2ncc3cc(O)ccc3n2)CC1.COC(=O)C1CCN(Cc2ncc3cc(OC)ccc3n2)CC1. The fourth-order valence-electron chi connectivity index (χ4n) is 5.78. The highest BCUT2D eigenvalue weighted by molar-refractivity contribution is 5.80. The number of hydrogen-bond acceptors (Lipinski definition) is 12. The lowest BCUT2D eigenvalue weighted by molar-refractivity contribution is -0.147. The molecule has 0 radical (unpaired) electrons. The molecule has 0 aliphatic carbocycles. The van der Waals surface area contributed by atoms with Crippen LogP contribution in [0.1, 0.15) is 37.3 Å². The lowest BCUT2D eigenvalue weighted by Crippen LogP contribution is -2.36. The van der Waals surface area contributed by atoms with E-state index in [1.165, 1.54) is 14.2 Å². The highest BCUT2D eigenvalue weighted by atomic mass is 16.5. The molecule has 4 aromatic rings. The van der Waals surface area contributed by atoms with E-state index >= 15 is 0 Å². The summed E-state index contributed by atoms with van der Waals surface area (Å²) in [6.45, 7) is 4.79. The molecule has 238 valence electrons. The van der Waals surface area contributed by atoms with Gasteiger partial charge in [-0.1, -0.05) is 0 Å². The van der Waals surface area contributed by atoms with E-state index in [0.717, 1.165) is 91.1 Å². The average molecular weight is 617 g/mol. The maximum absolute atomic E-state index is 11.6. The number of nitrogens with zero attached hydrogens (tertiary/aromatic N) is 6. The number of fused-ring (bicyclic) bond motifs is 2. The molecular weight excluding hydrogens is 576 g/mol. The smallest absolute Gasteiger partial charge is 0.308 e. The van der Waals surface area contributed by atoms with Crippen molar-refractivity contribution in [2.24, 2.45) is 11.8 Å². The van der Waals surface area contributed by atoms with Crippen LogP contribution in [0.15, 0.2) is 48.8 Å². The van der Waals surface area contributed by atoms with Gasteiger partial charge in [-0.05, 0) is 88.3 Å². The number of carbonyl (C=O) groups is 2. The lowest BCUT2D eigenvalue weighted by atomic mass is 9.97. The third kappa shape index (κ3) is 8.40. The Balaban J connectivity index is 0.000000178. The lowest BCUT2D eigenvalue weighted by Gasteiger charge is -2.29. The first-order valence-corrected chi connectivity index (χ1v) is 15.2.